The number of rotatable bonds is 5. The van der Waals surface area contributed by atoms with E-state index in [2.05, 4.69) is 20.8 Å². The SMILES string of the molecule is [2H][C@]1(O)[C@@H]2[C@H](CC[C@]3(C)[C@@H]([C@H](C)CCC(=O)O)CC[C@@H]23)[C@@]2(C)CC[C@@H](O)C[C@H]2[C@]1([2H])CC. The Balaban J connectivity index is 1.71. The molecular formula is C26H44O4. The maximum absolute atomic E-state index is 11.9. The smallest absolute Gasteiger partial charge is 0.303 e. The molecule has 4 aliphatic rings. The van der Waals surface area contributed by atoms with Gasteiger partial charge in [0.15, 0.2) is 0 Å². The van der Waals surface area contributed by atoms with Gasteiger partial charge in [0.1, 0.15) is 0 Å². The van der Waals surface area contributed by atoms with Crippen LogP contribution in [0.5, 0.6) is 0 Å². The fourth-order valence-electron chi connectivity index (χ4n) is 8.90. The molecule has 0 aliphatic heterocycles. The summed E-state index contributed by atoms with van der Waals surface area (Å²) in [7, 11) is 0. The van der Waals surface area contributed by atoms with Gasteiger partial charge < -0.3 is 15.3 Å². The summed E-state index contributed by atoms with van der Waals surface area (Å²) in [5, 5.41) is 31.5. The van der Waals surface area contributed by atoms with E-state index < -0.39 is 24.0 Å². The summed E-state index contributed by atoms with van der Waals surface area (Å²) < 4.78 is 18.8. The highest BCUT2D eigenvalue weighted by Crippen LogP contribution is 2.69. The number of fused-ring (bicyclic) bond motifs is 5. The molecule has 0 spiro atoms. The molecule has 4 heteroatoms. The van der Waals surface area contributed by atoms with Crippen LogP contribution >= 0.6 is 0 Å². The zero-order valence-electron chi connectivity index (χ0n) is 21.4. The van der Waals surface area contributed by atoms with Crippen LogP contribution in [-0.2, 0) is 4.79 Å². The van der Waals surface area contributed by atoms with Gasteiger partial charge in [-0.15, -0.1) is 0 Å². The first-order chi connectivity index (χ1) is 14.8. The normalized spacial score (nSPS) is 57.4. The van der Waals surface area contributed by atoms with Crippen LogP contribution in [0.4, 0.5) is 0 Å². The van der Waals surface area contributed by atoms with E-state index in [1.807, 2.05) is 6.92 Å². The minimum absolute atomic E-state index is 0.0137. The van der Waals surface area contributed by atoms with E-state index in [4.69, 9.17) is 0 Å². The quantitative estimate of drug-likeness (QED) is 0.575. The van der Waals surface area contributed by atoms with E-state index in [0.717, 1.165) is 38.5 Å². The summed E-state index contributed by atoms with van der Waals surface area (Å²) in [5.41, 5.74) is -0.135. The Morgan fingerprint density at radius 3 is 2.40 bits per heavy atom. The van der Waals surface area contributed by atoms with Crippen molar-refractivity contribution in [3.05, 3.63) is 0 Å². The molecule has 30 heavy (non-hydrogen) atoms. The van der Waals surface area contributed by atoms with E-state index in [-0.39, 0.29) is 40.9 Å². The van der Waals surface area contributed by atoms with Gasteiger partial charge in [0.25, 0.3) is 0 Å². The number of aliphatic hydroxyl groups is 2. The molecule has 172 valence electrons. The highest BCUT2D eigenvalue weighted by molar-refractivity contribution is 5.66. The monoisotopic (exact) mass is 422 g/mol. The molecule has 0 heterocycles. The highest BCUT2D eigenvalue weighted by Gasteiger charge is 2.64. The molecule has 0 aromatic rings. The van der Waals surface area contributed by atoms with E-state index in [0.29, 0.717) is 31.1 Å². The number of aliphatic carboxylic acids is 1. The second-order valence-electron chi connectivity index (χ2n) is 11.6. The lowest BCUT2D eigenvalue weighted by Gasteiger charge is -2.64. The number of aliphatic hydroxyl groups excluding tert-OH is 1. The Labute approximate surface area is 185 Å². The number of carbonyl (C=O) groups is 1. The summed E-state index contributed by atoms with van der Waals surface area (Å²) in [6, 6.07) is 0. The molecule has 0 bridgehead atoms. The van der Waals surface area contributed by atoms with Crippen molar-refractivity contribution >= 4 is 5.97 Å². The van der Waals surface area contributed by atoms with Crippen molar-refractivity contribution in [2.45, 2.75) is 104 Å². The van der Waals surface area contributed by atoms with Gasteiger partial charge in [-0.1, -0.05) is 34.1 Å². The maximum atomic E-state index is 11.9. The van der Waals surface area contributed by atoms with Crippen molar-refractivity contribution < 1.29 is 22.9 Å². The van der Waals surface area contributed by atoms with E-state index >= 15 is 0 Å². The standard InChI is InChI=1S/C26H44O4/c1-5-17-21-14-16(27)10-12-26(21,4)20-11-13-25(3)18(15(2)6-9-22(28)29)7-8-19(25)23(20)24(17)30/h15-21,23-24,27,30H,5-14H2,1-4H3,(H,28,29)/t15-,16-,17+,18-,19+,20+,21+,23+,24-,25-,26-/m1/s1/i17D,24D. The molecule has 0 radical (unpaired) electrons. The van der Waals surface area contributed by atoms with Crippen LogP contribution in [-0.4, -0.2) is 33.5 Å². The van der Waals surface area contributed by atoms with Gasteiger partial charge in [0.2, 0.25) is 0 Å². The molecule has 0 amide bonds. The molecule has 4 nitrogen and oxygen atoms in total. The Morgan fingerprint density at radius 2 is 1.73 bits per heavy atom. The summed E-state index contributed by atoms with van der Waals surface area (Å²) >= 11 is 0. The minimum Gasteiger partial charge on any atom is -0.481 e. The molecule has 0 aromatic heterocycles. The zero-order valence-corrected chi connectivity index (χ0v) is 19.4. The Hall–Kier alpha value is -0.610. The predicted octanol–water partition coefficient (Wildman–Crippen LogP) is 5.11. The van der Waals surface area contributed by atoms with Gasteiger partial charge in [-0.25, -0.2) is 0 Å². The molecule has 3 N–H and O–H groups in total. The van der Waals surface area contributed by atoms with Crippen molar-refractivity contribution in [3.8, 4) is 0 Å². The minimum atomic E-state index is -1.83. The van der Waals surface area contributed by atoms with Crippen molar-refractivity contribution in [2.24, 2.45) is 52.2 Å². The van der Waals surface area contributed by atoms with E-state index in [9.17, 15) is 22.9 Å². The van der Waals surface area contributed by atoms with Crippen molar-refractivity contribution in [1.29, 1.82) is 0 Å². The van der Waals surface area contributed by atoms with Crippen molar-refractivity contribution in [3.63, 3.8) is 0 Å². The third-order valence-electron chi connectivity index (χ3n) is 10.5. The molecule has 11 atom stereocenters. The summed E-state index contributed by atoms with van der Waals surface area (Å²) in [5.74, 6) is -1.30. The zero-order chi connectivity index (χ0) is 23.7. The van der Waals surface area contributed by atoms with Crippen molar-refractivity contribution in [1.82, 2.24) is 0 Å². The summed E-state index contributed by atoms with van der Waals surface area (Å²) in [6.07, 6.45) is 5.18. The third-order valence-corrected chi connectivity index (χ3v) is 10.5. The fraction of sp³-hybridized carbons (Fsp3) is 0.962. The topological polar surface area (TPSA) is 77.8 Å². The Morgan fingerprint density at radius 1 is 1.07 bits per heavy atom. The average Bonchev–Trinajstić information content (AvgIpc) is 3.08. The first kappa shape index (κ1) is 20.0. The van der Waals surface area contributed by atoms with Crippen LogP contribution < -0.4 is 0 Å². The molecular weight excluding hydrogens is 376 g/mol. The van der Waals surface area contributed by atoms with Gasteiger partial charge in [-0.3, -0.25) is 4.79 Å². The summed E-state index contributed by atoms with van der Waals surface area (Å²) in [6.45, 7) is 8.74. The van der Waals surface area contributed by atoms with E-state index in [1.165, 1.54) is 0 Å². The van der Waals surface area contributed by atoms with Crippen LogP contribution in [0.25, 0.3) is 0 Å². The second kappa shape index (κ2) is 8.06. The fourth-order valence-corrected chi connectivity index (χ4v) is 8.90. The van der Waals surface area contributed by atoms with Gasteiger partial charge in [-0.05, 0) is 104 Å². The lowest BCUT2D eigenvalue weighted by atomic mass is 9.41. The van der Waals surface area contributed by atoms with Crippen molar-refractivity contribution in [2.75, 3.05) is 0 Å². The van der Waals surface area contributed by atoms with Gasteiger partial charge in [-0.2, -0.15) is 0 Å². The molecule has 0 unspecified atom stereocenters. The highest BCUT2D eigenvalue weighted by atomic mass is 16.4. The van der Waals surface area contributed by atoms with Gasteiger partial charge in [0.05, 0.1) is 13.6 Å². The molecule has 4 saturated carbocycles. The third kappa shape index (κ3) is 3.36. The number of hydrogen-bond acceptors (Lipinski definition) is 3. The lowest BCUT2D eigenvalue weighted by Crippen LogP contribution is -2.62. The first-order valence-electron chi connectivity index (χ1n) is 13.4. The molecule has 4 aliphatic carbocycles. The first-order valence-corrected chi connectivity index (χ1v) is 12.4. The molecule has 0 saturated heterocycles. The number of hydrogen-bond donors (Lipinski definition) is 3. The van der Waals surface area contributed by atoms with Crippen LogP contribution in [0.15, 0.2) is 0 Å². The predicted molar refractivity (Wildman–Crippen MR) is 118 cm³/mol. The number of carboxylic acid groups (broad SMARTS) is 1. The Bertz CT molecular complexity index is 743. The van der Waals surface area contributed by atoms with Gasteiger partial charge >= 0.3 is 5.97 Å². The van der Waals surface area contributed by atoms with Crippen LogP contribution in [0.3, 0.4) is 0 Å². The number of carboxylic acids is 1. The average molecular weight is 423 g/mol. The maximum Gasteiger partial charge on any atom is 0.303 e. The Kier molecular flexibility index (Phi) is 5.38. The van der Waals surface area contributed by atoms with Crippen LogP contribution in [0, 0.1) is 52.2 Å². The summed E-state index contributed by atoms with van der Waals surface area (Å²) in [4.78, 5) is 11.2. The van der Waals surface area contributed by atoms with Gasteiger partial charge in [0, 0.05) is 7.79 Å². The largest absolute Gasteiger partial charge is 0.481 e. The lowest BCUT2D eigenvalue weighted by molar-refractivity contribution is -0.203. The van der Waals surface area contributed by atoms with E-state index in [1.54, 1.807) is 0 Å². The van der Waals surface area contributed by atoms with Crippen LogP contribution in [0.2, 0.25) is 0 Å². The molecule has 4 fully saturated rings. The molecule has 4 rings (SSSR count). The second-order valence-corrected chi connectivity index (χ2v) is 11.6. The molecule has 0 aromatic carbocycles. The van der Waals surface area contributed by atoms with Crippen LogP contribution in [0.1, 0.15) is 94.6 Å².